The van der Waals surface area contributed by atoms with Crippen LogP contribution < -0.4 is 14.8 Å². The normalized spacial score (nSPS) is 10.9. The average Bonchev–Trinajstić information content (AvgIpc) is 2.51. The highest BCUT2D eigenvalue weighted by Gasteiger charge is 2.11. The van der Waals surface area contributed by atoms with Crippen molar-refractivity contribution in [1.82, 2.24) is 5.32 Å². The molecule has 0 spiro atoms. The lowest BCUT2D eigenvalue weighted by Gasteiger charge is -2.15. The van der Waals surface area contributed by atoms with Crippen LogP contribution in [0.1, 0.15) is 30.5 Å². The molecule has 0 aliphatic carbocycles. The summed E-state index contributed by atoms with van der Waals surface area (Å²) in [5.74, 6) is 1.50. The van der Waals surface area contributed by atoms with Crippen LogP contribution in [-0.2, 0) is 13.2 Å². The number of aryl methyl sites for hydroxylation is 1. The molecule has 124 valence electrons. The Balaban J connectivity index is 2.13. The first-order valence-electron chi connectivity index (χ1n) is 7.77. The number of benzene rings is 2. The van der Waals surface area contributed by atoms with E-state index in [1.807, 2.05) is 18.2 Å². The third-order valence-electron chi connectivity index (χ3n) is 3.51. The summed E-state index contributed by atoms with van der Waals surface area (Å²) in [6.45, 7) is 7.65. The van der Waals surface area contributed by atoms with E-state index in [0.717, 1.165) is 33.6 Å². The lowest BCUT2D eigenvalue weighted by molar-refractivity contribution is 0.284. The first kappa shape index (κ1) is 17.8. The molecular formula is C19H24BrNO2. The quantitative estimate of drug-likeness (QED) is 0.748. The van der Waals surface area contributed by atoms with E-state index >= 15 is 0 Å². The Morgan fingerprint density at radius 2 is 1.91 bits per heavy atom. The van der Waals surface area contributed by atoms with Crippen LogP contribution in [0.3, 0.4) is 0 Å². The lowest BCUT2D eigenvalue weighted by Crippen LogP contribution is -2.22. The van der Waals surface area contributed by atoms with Gasteiger partial charge in [0.15, 0.2) is 11.5 Å². The fraction of sp³-hybridized carbons (Fsp3) is 0.368. The largest absolute Gasteiger partial charge is 0.493 e. The molecule has 0 radical (unpaired) electrons. The third kappa shape index (κ3) is 5.26. The maximum Gasteiger partial charge on any atom is 0.162 e. The van der Waals surface area contributed by atoms with E-state index in [1.54, 1.807) is 7.11 Å². The van der Waals surface area contributed by atoms with Gasteiger partial charge in [-0.25, -0.2) is 0 Å². The Labute approximate surface area is 147 Å². The van der Waals surface area contributed by atoms with Gasteiger partial charge >= 0.3 is 0 Å². The molecule has 0 aliphatic rings. The summed E-state index contributed by atoms with van der Waals surface area (Å²) in [6, 6.07) is 12.7. The Morgan fingerprint density at radius 1 is 1.13 bits per heavy atom. The summed E-state index contributed by atoms with van der Waals surface area (Å²) >= 11 is 3.62. The smallest absolute Gasteiger partial charge is 0.162 e. The van der Waals surface area contributed by atoms with Gasteiger partial charge in [-0.2, -0.15) is 0 Å². The average molecular weight is 378 g/mol. The highest BCUT2D eigenvalue weighted by molar-refractivity contribution is 9.10. The van der Waals surface area contributed by atoms with Crippen molar-refractivity contribution in [1.29, 1.82) is 0 Å². The zero-order chi connectivity index (χ0) is 16.8. The second-order valence-electron chi connectivity index (χ2n) is 5.91. The van der Waals surface area contributed by atoms with Crippen LogP contribution in [0.4, 0.5) is 0 Å². The number of methoxy groups -OCH3 is 1. The van der Waals surface area contributed by atoms with Crippen molar-refractivity contribution in [3.8, 4) is 11.5 Å². The number of halogens is 1. The van der Waals surface area contributed by atoms with E-state index in [1.165, 1.54) is 5.56 Å². The topological polar surface area (TPSA) is 30.5 Å². The van der Waals surface area contributed by atoms with Gasteiger partial charge in [-0.3, -0.25) is 0 Å². The second kappa shape index (κ2) is 8.37. The molecule has 0 aliphatic heterocycles. The number of rotatable bonds is 7. The van der Waals surface area contributed by atoms with Gasteiger partial charge in [0, 0.05) is 17.1 Å². The molecule has 0 atom stereocenters. The van der Waals surface area contributed by atoms with E-state index in [-0.39, 0.29) is 0 Å². The number of ether oxygens (including phenoxy) is 2. The van der Waals surface area contributed by atoms with Crippen LogP contribution in [0.25, 0.3) is 0 Å². The van der Waals surface area contributed by atoms with Crippen LogP contribution in [0, 0.1) is 6.92 Å². The minimum Gasteiger partial charge on any atom is -0.493 e. The first-order valence-corrected chi connectivity index (χ1v) is 8.57. The summed E-state index contributed by atoms with van der Waals surface area (Å²) in [5, 5.41) is 3.41. The Hall–Kier alpha value is -1.52. The van der Waals surface area contributed by atoms with E-state index in [2.05, 4.69) is 60.2 Å². The minimum atomic E-state index is 0.435. The molecule has 0 fully saturated rings. The summed E-state index contributed by atoms with van der Waals surface area (Å²) in [4.78, 5) is 0. The first-order chi connectivity index (χ1) is 11.0. The zero-order valence-corrected chi connectivity index (χ0v) is 15.7. The van der Waals surface area contributed by atoms with Gasteiger partial charge in [0.2, 0.25) is 0 Å². The number of nitrogens with one attached hydrogen (secondary N) is 1. The van der Waals surface area contributed by atoms with Gasteiger partial charge in [-0.05, 0) is 30.2 Å². The monoisotopic (exact) mass is 377 g/mol. The van der Waals surface area contributed by atoms with E-state index in [4.69, 9.17) is 9.47 Å². The second-order valence-corrected chi connectivity index (χ2v) is 6.76. The molecule has 0 bridgehead atoms. The highest BCUT2D eigenvalue weighted by Crippen LogP contribution is 2.34. The number of hydrogen-bond donors (Lipinski definition) is 1. The molecule has 3 nitrogen and oxygen atoms in total. The van der Waals surface area contributed by atoms with Crippen molar-refractivity contribution in [3.63, 3.8) is 0 Å². The maximum absolute atomic E-state index is 5.96. The summed E-state index contributed by atoms with van der Waals surface area (Å²) in [5.41, 5.74) is 3.53. The molecule has 0 unspecified atom stereocenters. The highest BCUT2D eigenvalue weighted by atomic mass is 79.9. The van der Waals surface area contributed by atoms with Crippen LogP contribution in [0.15, 0.2) is 40.9 Å². The summed E-state index contributed by atoms with van der Waals surface area (Å²) in [6.07, 6.45) is 0. The van der Waals surface area contributed by atoms with Gasteiger partial charge in [-0.1, -0.05) is 59.6 Å². The van der Waals surface area contributed by atoms with Crippen LogP contribution in [-0.4, -0.2) is 13.2 Å². The van der Waals surface area contributed by atoms with Crippen molar-refractivity contribution < 1.29 is 9.47 Å². The molecule has 0 saturated carbocycles. The molecule has 2 rings (SSSR count). The zero-order valence-electron chi connectivity index (χ0n) is 14.2. The molecule has 2 aromatic carbocycles. The van der Waals surface area contributed by atoms with Gasteiger partial charge in [0.1, 0.15) is 6.61 Å². The van der Waals surface area contributed by atoms with E-state index in [9.17, 15) is 0 Å². The maximum atomic E-state index is 5.96. The summed E-state index contributed by atoms with van der Waals surface area (Å²) < 4.78 is 12.5. The molecule has 23 heavy (non-hydrogen) atoms. The third-order valence-corrected chi connectivity index (χ3v) is 4.25. The predicted molar refractivity (Wildman–Crippen MR) is 98.2 cm³/mol. The van der Waals surface area contributed by atoms with E-state index < -0.39 is 0 Å². The van der Waals surface area contributed by atoms with Crippen molar-refractivity contribution >= 4 is 15.9 Å². The minimum absolute atomic E-state index is 0.435. The molecule has 2 aromatic rings. The fourth-order valence-corrected chi connectivity index (χ4v) is 2.72. The van der Waals surface area contributed by atoms with Crippen LogP contribution in [0.2, 0.25) is 0 Å². The molecule has 0 aromatic heterocycles. The van der Waals surface area contributed by atoms with Crippen LogP contribution in [0.5, 0.6) is 11.5 Å². The molecule has 0 amide bonds. The Morgan fingerprint density at radius 3 is 2.57 bits per heavy atom. The van der Waals surface area contributed by atoms with Crippen molar-refractivity contribution in [3.05, 3.63) is 57.6 Å². The standard InChI is InChI=1S/C19H24BrNO2/c1-13(2)21-11-16-9-18(22-4)19(10-17(16)20)23-12-15-7-5-6-14(3)8-15/h5-10,13,21H,11-12H2,1-4H3. The Kier molecular flexibility index (Phi) is 6.48. The fourth-order valence-electron chi connectivity index (χ4n) is 2.26. The predicted octanol–water partition coefficient (Wildman–Crippen LogP) is 4.84. The van der Waals surface area contributed by atoms with Gasteiger partial charge < -0.3 is 14.8 Å². The molecular weight excluding hydrogens is 354 g/mol. The van der Waals surface area contributed by atoms with Gasteiger partial charge in [0.25, 0.3) is 0 Å². The molecule has 0 heterocycles. The molecule has 4 heteroatoms. The van der Waals surface area contributed by atoms with Gasteiger partial charge in [-0.15, -0.1) is 0 Å². The van der Waals surface area contributed by atoms with Crippen LogP contribution >= 0.6 is 15.9 Å². The summed E-state index contributed by atoms with van der Waals surface area (Å²) in [7, 11) is 1.67. The SMILES string of the molecule is COc1cc(CNC(C)C)c(Br)cc1OCc1cccc(C)c1. The van der Waals surface area contributed by atoms with Crippen molar-refractivity contribution in [2.45, 2.75) is 40.0 Å². The molecule has 1 N–H and O–H groups in total. The van der Waals surface area contributed by atoms with E-state index in [0.29, 0.717) is 12.6 Å². The van der Waals surface area contributed by atoms with Crippen molar-refractivity contribution in [2.24, 2.45) is 0 Å². The Bertz CT molecular complexity index is 656. The van der Waals surface area contributed by atoms with Gasteiger partial charge in [0.05, 0.1) is 7.11 Å². The van der Waals surface area contributed by atoms with Crippen molar-refractivity contribution in [2.75, 3.05) is 7.11 Å². The lowest BCUT2D eigenvalue weighted by atomic mass is 10.1. The number of hydrogen-bond acceptors (Lipinski definition) is 3. The molecule has 0 saturated heterocycles.